The standard InChI is InChI=1S/C12H16BrN/c1-2-11(12(14)6-7-12)9-4-3-5-10(13)8-9/h3-5,8,11H,2,6-7,14H2,1H3. The van der Waals surface area contributed by atoms with Gasteiger partial charge in [0.1, 0.15) is 0 Å². The molecule has 1 unspecified atom stereocenters. The zero-order valence-electron chi connectivity index (χ0n) is 8.46. The van der Waals surface area contributed by atoms with E-state index in [0.29, 0.717) is 5.92 Å². The monoisotopic (exact) mass is 253 g/mol. The summed E-state index contributed by atoms with van der Waals surface area (Å²) in [4.78, 5) is 0. The van der Waals surface area contributed by atoms with E-state index >= 15 is 0 Å². The first-order valence-electron chi connectivity index (χ1n) is 5.20. The minimum Gasteiger partial charge on any atom is -0.325 e. The Bertz CT molecular complexity index is 331. The van der Waals surface area contributed by atoms with Gasteiger partial charge >= 0.3 is 0 Å². The molecule has 0 radical (unpaired) electrons. The van der Waals surface area contributed by atoms with E-state index < -0.39 is 0 Å². The molecule has 1 aliphatic rings. The smallest absolute Gasteiger partial charge is 0.0225 e. The number of hydrogen-bond acceptors (Lipinski definition) is 1. The fourth-order valence-corrected chi connectivity index (χ4v) is 2.61. The molecule has 1 fully saturated rings. The van der Waals surface area contributed by atoms with Crippen molar-refractivity contribution in [2.75, 3.05) is 0 Å². The maximum absolute atomic E-state index is 6.27. The number of hydrogen-bond donors (Lipinski definition) is 1. The Kier molecular flexibility index (Phi) is 2.67. The quantitative estimate of drug-likeness (QED) is 0.878. The molecule has 0 saturated heterocycles. The molecule has 1 aromatic carbocycles. The molecule has 0 amide bonds. The lowest BCUT2D eigenvalue weighted by atomic mass is 9.88. The van der Waals surface area contributed by atoms with Crippen molar-refractivity contribution in [3.63, 3.8) is 0 Å². The Morgan fingerprint density at radius 2 is 2.21 bits per heavy atom. The van der Waals surface area contributed by atoms with Gasteiger partial charge in [-0.3, -0.25) is 0 Å². The molecule has 0 bridgehead atoms. The Balaban J connectivity index is 2.27. The maximum atomic E-state index is 6.27. The van der Waals surface area contributed by atoms with Crippen molar-refractivity contribution >= 4 is 15.9 Å². The molecule has 1 aromatic rings. The lowest BCUT2D eigenvalue weighted by molar-refractivity contribution is 0.505. The Labute approximate surface area is 93.8 Å². The van der Waals surface area contributed by atoms with Gasteiger partial charge < -0.3 is 5.73 Å². The van der Waals surface area contributed by atoms with Crippen LogP contribution in [0.4, 0.5) is 0 Å². The second-order valence-corrected chi connectivity index (χ2v) is 5.16. The van der Waals surface area contributed by atoms with E-state index in [-0.39, 0.29) is 5.54 Å². The lowest BCUT2D eigenvalue weighted by Crippen LogP contribution is -2.30. The first-order chi connectivity index (χ1) is 6.65. The van der Waals surface area contributed by atoms with Gasteiger partial charge in [-0.25, -0.2) is 0 Å². The van der Waals surface area contributed by atoms with E-state index in [1.807, 2.05) is 0 Å². The molecule has 0 heterocycles. The fraction of sp³-hybridized carbons (Fsp3) is 0.500. The van der Waals surface area contributed by atoms with Crippen LogP contribution in [0.15, 0.2) is 28.7 Å². The zero-order valence-corrected chi connectivity index (χ0v) is 10.0. The molecule has 76 valence electrons. The molecule has 1 saturated carbocycles. The Morgan fingerprint density at radius 1 is 1.50 bits per heavy atom. The highest BCUT2D eigenvalue weighted by Gasteiger charge is 2.45. The number of nitrogens with two attached hydrogens (primary N) is 1. The van der Waals surface area contributed by atoms with Crippen LogP contribution in [0, 0.1) is 0 Å². The SMILES string of the molecule is CCC(c1cccc(Br)c1)C1(N)CC1. The molecule has 1 atom stereocenters. The van der Waals surface area contributed by atoms with E-state index in [2.05, 4.69) is 47.1 Å². The lowest BCUT2D eigenvalue weighted by Gasteiger charge is -2.22. The van der Waals surface area contributed by atoms with Gasteiger partial charge in [-0.1, -0.05) is 35.0 Å². The molecule has 0 spiro atoms. The highest BCUT2D eigenvalue weighted by molar-refractivity contribution is 9.10. The van der Waals surface area contributed by atoms with E-state index in [1.165, 1.54) is 18.4 Å². The van der Waals surface area contributed by atoms with Crippen molar-refractivity contribution in [2.45, 2.75) is 37.6 Å². The molecule has 2 N–H and O–H groups in total. The fourth-order valence-electron chi connectivity index (χ4n) is 2.19. The summed E-state index contributed by atoms with van der Waals surface area (Å²) in [7, 11) is 0. The zero-order chi connectivity index (χ0) is 10.2. The third-order valence-corrected chi connectivity index (χ3v) is 3.67. The molecule has 2 rings (SSSR count). The third-order valence-electron chi connectivity index (χ3n) is 3.18. The summed E-state index contributed by atoms with van der Waals surface area (Å²) in [5.41, 5.74) is 7.74. The van der Waals surface area contributed by atoms with Crippen LogP contribution < -0.4 is 5.73 Å². The van der Waals surface area contributed by atoms with Gasteiger partial charge in [-0.2, -0.15) is 0 Å². The van der Waals surface area contributed by atoms with Crippen LogP contribution in [-0.2, 0) is 0 Å². The number of rotatable bonds is 3. The Hall–Kier alpha value is -0.340. The molecule has 1 nitrogen and oxygen atoms in total. The van der Waals surface area contributed by atoms with Crippen molar-refractivity contribution < 1.29 is 0 Å². The summed E-state index contributed by atoms with van der Waals surface area (Å²) in [5.74, 6) is 0.528. The van der Waals surface area contributed by atoms with Crippen LogP contribution in [-0.4, -0.2) is 5.54 Å². The largest absolute Gasteiger partial charge is 0.325 e. The first kappa shape index (κ1) is 10.2. The van der Waals surface area contributed by atoms with Gasteiger partial charge in [0.2, 0.25) is 0 Å². The van der Waals surface area contributed by atoms with Gasteiger partial charge in [-0.15, -0.1) is 0 Å². The second-order valence-electron chi connectivity index (χ2n) is 4.25. The van der Waals surface area contributed by atoms with Gasteiger partial charge in [0.05, 0.1) is 0 Å². The number of benzene rings is 1. The predicted molar refractivity (Wildman–Crippen MR) is 63.3 cm³/mol. The molecular formula is C12H16BrN. The summed E-state index contributed by atoms with van der Waals surface area (Å²) < 4.78 is 1.15. The van der Waals surface area contributed by atoms with E-state index in [0.717, 1.165) is 10.9 Å². The summed E-state index contributed by atoms with van der Waals surface area (Å²) in [6, 6.07) is 8.53. The van der Waals surface area contributed by atoms with Crippen molar-refractivity contribution in [1.82, 2.24) is 0 Å². The summed E-state index contributed by atoms with van der Waals surface area (Å²) in [6.45, 7) is 2.22. The van der Waals surface area contributed by atoms with Crippen LogP contribution in [0.5, 0.6) is 0 Å². The van der Waals surface area contributed by atoms with Gasteiger partial charge in [0, 0.05) is 15.9 Å². The summed E-state index contributed by atoms with van der Waals surface area (Å²) in [6.07, 6.45) is 3.49. The minimum atomic E-state index is 0.0928. The third kappa shape index (κ3) is 1.86. The van der Waals surface area contributed by atoms with E-state index in [1.54, 1.807) is 0 Å². The topological polar surface area (TPSA) is 26.0 Å². The number of halogens is 1. The molecule has 2 heteroatoms. The summed E-state index contributed by atoms with van der Waals surface area (Å²) >= 11 is 3.51. The Morgan fingerprint density at radius 3 is 2.71 bits per heavy atom. The average molecular weight is 254 g/mol. The molecule has 14 heavy (non-hydrogen) atoms. The normalized spacial score (nSPS) is 20.5. The van der Waals surface area contributed by atoms with Crippen molar-refractivity contribution in [1.29, 1.82) is 0 Å². The van der Waals surface area contributed by atoms with Crippen LogP contribution in [0.25, 0.3) is 0 Å². The maximum Gasteiger partial charge on any atom is 0.0225 e. The van der Waals surface area contributed by atoms with Crippen LogP contribution >= 0.6 is 15.9 Å². The van der Waals surface area contributed by atoms with Crippen molar-refractivity contribution in [3.8, 4) is 0 Å². The first-order valence-corrected chi connectivity index (χ1v) is 5.99. The average Bonchev–Trinajstić information content (AvgIpc) is 2.85. The highest BCUT2D eigenvalue weighted by Crippen LogP contribution is 2.46. The van der Waals surface area contributed by atoms with Gasteiger partial charge in [-0.05, 0) is 37.0 Å². The predicted octanol–water partition coefficient (Wildman–Crippen LogP) is 3.43. The molecule has 0 aliphatic heterocycles. The molecular weight excluding hydrogens is 238 g/mol. The highest BCUT2D eigenvalue weighted by atomic mass is 79.9. The molecule has 0 aromatic heterocycles. The molecule has 1 aliphatic carbocycles. The second kappa shape index (κ2) is 3.67. The summed E-state index contributed by atoms with van der Waals surface area (Å²) in [5, 5.41) is 0. The van der Waals surface area contributed by atoms with E-state index in [4.69, 9.17) is 5.73 Å². The van der Waals surface area contributed by atoms with Gasteiger partial charge in [0.25, 0.3) is 0 Å². The minimum absolute atomic E-state index is 0.0928. The van der Waals surface area contributed by atoms with Crippen molar-refractivity contribution in [3.05, 3.63) is 34.3 Å². The van der Waals surface area contributed by atoms with Crippen LogP contribution in [0.3, 0.4) is 0 Å². The van der Waals surface area contributed by atoms with Crippen LogP contribution in [0.1, 0.15) is 37.7 Å². The van der Waals surface area contributed by atoms with E-state index in [9.17, 15) is 0 Å². The van der Waals surface area contributed by atoms with Gasteiger partial charge in [0.15, 0.2) is 0 Å². The van der Waals surface area contributed by atoms with Crippen LogP contribution in [0.2, 0.25) is 0 Å². The van der Waals surface area contributed by atoms with Crippen molar-refractivity contribution in [2.24, 2.45) is 5.73 Å².